The second-order valence-corrected chi connectivity index (χ2v) is 6.82. The zero-order valence-corrected chi connectivity index (χ0v) is 15.5. The Morgan fingerprint density at radius 3 is 2.69 bits per heavy atom. The number of fused-ring (bicyclic) bond motifs is 1. The van der Waals surface area contributed by atoms with E-state index in [1.807, 2.05) is 44.2 Å². The lowest BCUT2D eigenvalue weighted by atomic mass is 10.3. The summed E-state index contributed by atoms with van der Waals surface area (Å²) >= 11 is 1.40. The molecule has 0 aliphatic rings. The molecule has 0 fully saturated rings. The second-order valence-electron chi connectivity index (χ2n) is 5.84. The summed E-state index contributed by atoms with van der Waals surface area (Å²) in [6, 6.07) is 9.66. The van der Waals surface area contributed by atoms with E-state index in [-0.39, 0.29) is 0 Å². The molecule has 130 valence electrons. The van der Waals surface area contributed by atoms with Gasteiger partial charge in [-0.3, -0.25) is 4.98 Å². The molecule has 0 amide bonds. The van der Waals surface area contributed by atoms with Gasteiger partial charge < -0.3 is 0 Å². The van der Waals surface area contributed by atoms with Crippen molar-refractivity contribution in [2.45, 2.75) is 37.4 Å². The van der Waals surface area contributed by atoms with E-state index in [2.05, 4.69) is 36.9 Å². The van der Waals surface area contributed by atoms with Gasteiger partial charge in [-0.1, -0.05) is 13.0 Å². The van der Waals surface area contributed by atoms with Crippen molar-refractivity contribution in [3.05, 3.63) is 53.6 Å². The summed E-state index contributed by atoms with van der Waals surface area (Å²) in [6.45, 7) is 6.01. The molecule has 4 heterocycles. The highest BCUT2D eigenvalue weighted by atomic mass is 32.2. The summed E-state index contributed by atoms with van der Waals surface area (Å²) in [4.78, 5) is 22.5. The molecule has 0 aromatic carbocycles. The van der Waals surface area contributed by atoms with E-state index in [0.29, 0.717) is 16.8 Å². The van der Waals surface area contributed by atoms with E-state index in [4.69, 9.17) is 0 Å². The molecule has 0 saturated carbocycles. The minimum Gasteiger partial charge on any atom is -0.253 e. The number of rotatable bonds is 4. The molecule has 0 bridgehead atoms. The molecular formula is C18H17N7S. The fraction of sp³-hybridized carbons (Fsp3) is 0.222. The Balaban J connectivity index is 1.73. The Morgan fingerprint density at radius 2 is 1.92 bits per heavy atom. The van der Waals surface area contributed by atoms with Crippen LogP contribution in [-0.4, -0.2) is 34.5 Å². The van der Waals surface area contributed by atoms with Crippen LogP contribution in [0.5, 0.6) is 0 Å². The van der Waals surface area contributed by atoms with Gasteiger partial charge in [0.1, 0.15) is 10.7 Å². The fourth-order valence-electron chi connectivity index (χ4n) is 2.60. The van der Waals surface area contributed by atoms with E-state index in [1.165, 1.54) is 11.8 Å². The third-order valence-corrected chi connectivity index (χ3v) is 4.58. The normalized spacial score (nSPS) is 11.2. The summed E-state index contributed by atoms with van der Waals surface area (Å²) in [7, 11) is 0. The molecule has 4 aromatic heterocycles. The molecule has 4 aromatic rings. The van der Waals surface area contributed by atoms with Crippen molar-refractivity contribution in [1.82, 2.24) is 34.5 Å². The first-order valence-corrected chi connectivity index (χ1v) is 9.12. The highest BCUT2D eigenvalue weighted by Gasteiger charge is 2.13. The molecule has 7 nitrogen and oxygen atoms in total. The van der Waals surface area contributed by atoms with Gasteiger partial charge in [0.05, 0.1) is 0 Å². The first kappa shape index (κ1) is 16.6. The second kappa shape index (κ2) is 6.80. The quantitative estimate of drug-likeness (QED) is 0.514. The molecule has 4 rings (SSSR count). The van der Waals surface area contributed by atoms with E-state index < -0.39 is 0 Å². The van der Waals surface area contributed by atoms with Gasteiger partial charge in [0.15, 0.2) is 5.82 Å². The first-order valence-electron chi connectivity index (χ1n) is 8.30. The zero-order valence-electron chi connectivity index (χ0n) is 14.7. The Bertz CT molecular complexity index is 1080. The molecular weight excluding hydrogens is 346 g/mol. The number of hydrogen-bond acceptors (Lipinski definition) is 7. The molecule has 0 radical (unpaired) electrons. The van der Waals surface area contributed by atoms with Crippen molar-refractivity contribution in [2.75, 3.05) is 0 Å². The molecule has 0 N–H and O–H groups in total. The van der Waals surface area contributed by atoms with Crippen molar-refractivity contribution in [1.29, 1.82) is 0 Å². The van der Waals surface area contributed by atoms with Crippen molar-refractivity contribution < 1.29 is 0 Å². The SMILES string of the molecule is CCc1cc(Sc2nc3nc(C)cc(C)n3n2)nc(-c2ccccn2)n1. The molecule has 0 aliphatic heterocycles. The van der Waals surface area contributed by atoms with Gasteiger partial charge in [0.25, 0.3) is 5.78 Å². The van der Waals surface area contributed by atoms with Gasteiger partial charge in [-0.2, -0.15) is 4.98 Å². The van der Waals surface area contributed by atoms with Crippen LogP contribution >= 0.6 is 11.8 Å². The third-order valence-electron chi connectivity index (χ3n) is 3.81. The van der Waals surface area contributed by atoms with Crippen LogP contribution in [-0.2, 0) is 6.42 Å². The van der Waals surface area contributed by atoms with E-state index in [9.17, 15) is 0 Å². The summed E-state index contributed by atoms with van der Waals surface area (Å²) in [5, 5.41) is 5.94. The largest absolute Gasteiger partial charge is 0.253 e. The third kappa shape index (κ3) is 3.28. The molecule has 0 unspecified atom stereocenters. The monoisotopic (exact) mass is 363 g/mol. The van der Waals surface area contributed by atoms with Crippen LogP contribution < -0.4 is 0 Å². The van der Waals surface area contributed by atoms with Crippen LogP contribution in [0.2, 0.25) is 0 Å². The summed E-state index contributed by atoms with van der Waals surface area (Å²) in [6.07, 6.45) is 2.55. The van der Waals surface area contributed by atoms with Gasteiger partial charge >= 0.3 is 0 Å². The van der Waals surface area contributed by atoms with Gasteiger partial charge in [0, 0.05) is 23.3 Å². The maximum Gasteiger partial charge on any atom is 0.253 e. The fourth-order valence-corrected chi connectivity index (χ4v) is 3.36. The highest BCUT2D eigenvalue weighted by molar-refractivity contribution is 7.99. The average molecular weight is 363 g/mol. The van der Waals surface area contributed by atoms with E-state index >= 15 is 0 Å². The number of pyridine rings is 1. The predicted molar refractivity (Wildman–Crippen MR) is 99.0 cm³/mol. The highest BCUT2D eigenvalue weighted by Crippen LogP contribution is 2.26. The van der Waals surface area contributed by atoms with Crippen LogP contribution in [0.25, 0.3) is 17.3 Å². The molecule has 0 saturated heterocycles. The summed E-state index contributed by atoms with van der Waals surface area (Å²) in [5.74, 6) is 1.21. The topological polar surface area (TPSA) is 81.8 Å². The zero-order chi connectivity index (χ0) is 18.1. The Kier molecular flexibility index (Phi) is 4.34. The maximum absolute atomic E-state index is 4.64. The number of aromatic nitrogens is 7. The lowest BCUT2D eigenvalue weighted by Crippen LogP contribution is -1.98. The van der Waals surface area contributed by atoms with Gasteiger partial charge in [-0.25, -0.2) is 19.5 Å². The van der Waals surface area contributed by atoms with Gasteiger partial charge in [-0.05, 0) is 56.3 Å². The van der Waals surface area contributed by atoms with Crippen LogP contribution in [0, 0.1) is 13.8 Å². The van der Waals surface area contributed by atoms with E-state index in [1.54, 1.807) is 10.7 Å². The minimum absolute atomic E-state index is 0.597. The van der Waals surface area contributed by atoms with Crippen LogP contribution in [0.4, 0.5) is 0 Å². The minimum atomic E-state index is 0.597. The lowest BCUT2D eigenvalue weighted by Gasteiger charge is -2.05. The average Bonchev–Trinajstić information content (AvgIpc) is 3.04. The Labute approximate surface area is 155 Å². The number of aryl methyl sites for hydroxylation is 3. The van der Waals surface area contributed by atoms with Crippen molar-refractivity contribution >= 4 is 17.5 Å². The molecule has 8 heteroatoms. The van der Waals surface area contributed by atoms with Crippen LogP contribution in [0.3, 0.4) is 0 Å². The molecule has 0 aliphatic carbocycles. The molecule has 0 atom stereocenters. The lowest BCUT2D eigenvalue weighted by molar-refractivity contribution is 0.841. The van der Waals surface area contributed by atoms with Gasteiger partial charge in [-0.15, -0.1) is 5.10 Å². The van der Waals surface area contributed by atoms with Crippen molar-refractivity contribution in [3.8, 4) is 11.5 Å². The predicted octanol–water partition coefficient (Wildman–Crippen LogP) is 3.31. The maximum atomic E-state index is 4.64. The molecule has 0 spiro atoms. The smallest absolute Gasteiger partial charge is 0.253 e. The Hall–Kier alpha value is -2.87. The standard InChI is InChI=1S/C18H17N7S/c1-4-13-10-15(22-16(21-13)14-7-5-6-8-19-14)26-18-23-17-20-11(2)9-12(3)25(17)24-18/h5-10H,4H2,1-3H3. The van der Waals surface area contributed by atoms with E-state index in [0.717, 1.165) is 34.2 Å². The van der Waals surface area contributed by atoms with Crippen LogP contribution in [0.15, 0.2) is 46.7 Å². The van der Waals surface area contributed by atoms with Crippen LogP contribution in [0.1, 0.15) is 24.0 Å². The van der Waals surface area contributed by atoms with Crippen molar-refractivity contribution in [3.63, 3.8) is 0 Å². The molecule has 26 heavy (non-hydrogen) atoms. The summed E-state index contributed by atoms with van der Waals surface area (Å²) < 4.78 is 1.75. The summed E-state index contributed by atoms with van der Waals surface area (Å²) in [5.41, 5.74) is 3.63. The van der Waals surface area contributed by atoms with Crippen molar-refractivity contribution in [2.24, 2.45) is 0 Å². The number of nitrogens with zero attached hydrogens (tertiary/aromatic N) is 7. The Morgan fingerprint density at radius 1 is 1.04 bits per heavy atom. The first-order chi connectivity index (χ1) is 12.6. The number of hydrogen-bond donors (Lipinski definition) is 0. The van der Waals surface area contributed by atoms with Gasteiger partial charge in [0.2, 0.25) is 5.16 Å².